The first-order valence-corrected chi connectivity index (χ1v) is 5.04. The zero-order chi connectivity index (χ0) is 10.7. The van der Waals surface area contributed by atoms with E-state index in [2.05, 4.69) is 15.9 Å². The predicted octanol–water partition coefficient (Wildman–Crippen LogP) is 3.02. The van der Waals surface area contributed by atoms with Crippen LogP contribution < -0.4 is 0 Å². The first kappa shape index (κ1) is 11.0. The van der Waals surface area contributed by atoms with Crippen LogP contribution in [0.3, 0.4) is 0 Å². The maximum atomic E-state index is 11.8. The highest BCUT2D eigenvalue weighted by Gasteiger charge is 2.25. The van der Waals surface area contributed by atoms with Crippen molar-refractivity contribution in [1.29, 1.82) is 5.26 Å². The number of carbonyl (C=O) groups is 1. The van der Waals surface area contributed by atoms with E-state index in [1.807, 2.05) is 19.9 Å². The van der Waals surface area contributed by atoms with Gasteiger partial charge in [-0.3, -0.25) is 4.79 Å². The summed E-state index contributed by atoms with van der Waals surface area (Å²) in [6, 6.07) is 3.57. The largest absolute Gasteiger partial charge is 0.457 e. The third kappa shape index (κ3) is 2.05. The number of Topliss-reactive ketones (excluding diaryl/α,β-unsaturated/α-hetero) is 1. The third-order valence-corrected chi connectivity index (χ3v) is 2.59. The molecule has 0 fully saturated rings. The Hall–Kier alpha value is -1.08. The Labute approximate surface area is 90.8 Å². The molecule has 0 saturated heterocycles. The van der Waals surface area contributed by atoms with E-state index in [1.54, 1.807) is 6.07 Å². The molecule has 1 heterocycles. The van der Waals surface area contributed by atoms with Crippen LogP contribution in [0.15, 0.2) is 21.4 Å². The molecule has 0 N–H and O–H groups in total. The Morgan fingerprint density at radius 2 is 2.29 bits per heavy atom. The number of hydrogen-bond acceptors (Lipinski definition) is 3. The number of furan rings is 1. The number of hydrogen-bond donors (Lipinski definition) is 0. The molecule has 1 atom stereocenters. The minimum atomic E-state index is -0.608. The van der Waals surface area contributed by atoms with Crippen molar-refractivity contribution in [3.8, 4) is 6.07 Å². The standard InChI is InChI=1S/C10H10BrNO2/c1-6(2)8(5-12)9(13)7-3-4-14-10(7)11/h3-4,6,8H,1-2H3. The van der Waals surface area contributed by atoms with Gasteiger partial charge in [0.05, 0.1) is 17.9 Å². The molecule has 1 unspecified atom stereocenters. The molecule has 0 spiro atoms. The second-order valence-corrected chi connectivity index (χ2v) is 4.04. The Bertz CT molecular complexity index is 376. The fraction of sp³-hybridized carbons (Fsp3) is 0.400. The summed E-state index contributed by atoms with van der Waals surface area (Å²) in [7, 11) is 0. The zero-order valence-electron chi connectivity index (χ0n) is 7.95. The van der Waals surface area contributed by atoms with Crippen molar-refractivity contribution in [3.63, 3.8) is 0 Å². The van der Waals surface area contributed by atoms with Gasteiger partial charge in [0, 0.05) is 0 Å². The molecule has 4 heteroatoms. The highest BCUT2D eigenvalue weighted by atomic mass is 79.9. The predicted molar refractivity (Wildman–Crippen MR) is 54.7 cm³/mol. The van der Waals surface area contributed by atoms with Gasteiger partial charge in [0.1, 0.15) is 5.92 Å². The molecule has 1 rings (SSSR count). The van der Waals surface area contributed by atoms with Crippen LogP contribution in [-0.4, -0.2) is 5.78 Å². The van der Waals surface area contributed by atoms with Crippen molar-refractivity contribution in [2.45, 2.75) is 13.8 Å². The van der Waals surface area contributed by atoms with Gasteiger partial charge in [-0.25, -0.2) is 0 Å². The van der Waals surface area contributed by atoms with E-state index < -0.39 is 5.92 Å². The summed E-state index contributed by atoms with van der Waals surface area (Å²) in [5.74, 6) is -0.790. The average Bonchev–Trinajstić information content (AvgIpc) is 2.51. The summed E-state index contributed by atoms with van der Waals surface area (Å²) in [4.78, 5) is 11.8. The minimum Gasteiger partial charge on any atom is -0.457 e. The van der Waals surface area contributed by atoms with Gasteiger partial charge < -0.3 is 4.42 Å². The lowest BCUT2D eigenvalue weighted by molar-refractivity contribution is 0.0922. The summed E-state index contributed by atoms with van der Waals surface area (Å²) in [6.45, 7) is 3.69. The van der Waals surface area contributed by atoms with Gasteiger partial charge in [-0.15, -0.1) is 0 Å². The second kappa shape index (κ2) is 4.43. The molecule has 0 bridgehead atoms. The molecule has 14 heavy (non-hydrogen) atoms. The van der Waals surface area contributed by atoms with Gasteiger partial charge >= 0.3 is 0 Å². The highest BCUT2D eigenvalue weighted by Crippen LogP contribution is 2.23. The number of carbonyl (C=O) groups excluding carboxylic acids is 1. The van der Waals surface area contributed by atoms with E-state index in [0.29, 0.717) is 10.2 Å². The number of rotatable bonds is 3. The van der Waals surface area contributed by atoms with E-state index in [4.69, 9.17) is 9.68 Å². The zero-order valence-corrected chi connectivity index (χ0v) is 9.54. The Morgan fingerprint density at radius 3 is 2.64 bits per heavy atom. The van der Waals surface area contributed by atoms with Gasteiger partial charge in [-0.1, -0.05) is 13.8 Å². The van der Waals surface area contributed by atoms with Crippen molar-refractivity contribution in [3.05, 3.63) is 22.6 Å². The van der Waals surface area contributed by atoms with Crippen LogP contribution in [0.2, 0.25) is 0 Å². The lowest BCUT2D eigenvalue weighted by Crippen LogP contribution is -2.18. The van der Waals surface area contributed by atoms with Gasteiger partial charge in [-0.2, -0.15) is 5.26 Å². The monoisotopic (exact) mass is 255 g/mol. The van der Waals surface area contributed by atoms with Crippen LogP contribution in [0.5, 0.6) is 0 Å². The first-order chi connectivity index (χ1) is 6.57. The van der Waals surface area contributed by atoms with Gasteiger partial charge in [-0.05, 0) is 27.9 Å². The Morgan fingerprint density at radius 1 is 1.64 bits per heavy atom. The average molecular weight is 256 g/mol. The molecular weight excluding hydrogens is 246 g/mol. The van der Waals surface area contributed by atoms with E-state index in [-0.39, 0.29) is 11.7 Å². The molecule has 0 aromatic carbocycles. The van der Waals surface area contributed by atoms with Crippen LogP contribution in [0.4, 0.5) is 0 Å². The maximum Gasteiger partial charge on any atom is 0.184 e. The number of halogens is 1. The highest BCUT2D eigenvalue weighted by molar-refractivity contribution is 9.10. The van der Waals surface area contributed by atoms with E-state index in [0.717, 1.165) is 0 Å². The van der Waals surface area contributed by atoms with Crippen LogP contribution in [0.25, 0.3) is 0 Å². The number of nitrogens with zero attached hydrogens (tertiary/aromatic N) is 1. The van der Waals surface area contributed by atoms with Crippen molar-refractivity contribution in [2.75, 3.05) is 0 Å². The molecule has 1 aromatic heterocycles. The normalized spacial score (nSPS) is 12.5. The molecule has 0 amide bonds. The molecule has 0 saturated carbocycles. The van der Waals surface area contributed by atoms with Crippen molar-refractivity contribution in [1.82, 2.24) is 0 Å². The van der Waals surface area contributed by atoms with Crippen molar-refractivity contribution >= 4 is 21.7 Å². The topological polar surface area (TPSA) is 54.0 Å². The third-order valence-electron chi connectivity index (χ3n) is 1.97. The van der Waals surface area contributed by atoms with Crippen molar-refractivity contribution < 1.29 is 9.21 Å². The van der Waals surface area contributed by atoms with E-state index >= 15 is 0 Å². The summed E-state index contributed by atoms with van der Waals surface area (Å²) < 4.78 is 5.34. The SMILES string of the molecule is CC(C)C(C#N)C(=O)c1ccoc1Br. The number of nitriles is 1. The van der Waals surface area contributed by atoms with Crippen LogP contribution in [0, 0.1) is 23.2 Å². The smallest absolute Gasteiger partial charge is 0.184 e. The Balaban J connectivity index is 2.96. The molecule has 3 nitrogen and oxygen atoms in total. The lowest BCUT2D eigenvalue weighted by Gasteiger charge is -2.09. The van der Waals surface area contributed by atoms with E-state index in [1.165, 1.54) is 6.26 Å². The quantitative estimate of drug-likeness (QED) is 0.781. The molecule has 1 aromatic rings. The molecule has 0 aliphatic carbocycles. The van der Waals surface area contributed by atoms with Crippen LogP contribution >= 0.6 is 15.9 Å². The fourth-order valence-corrected chi connectivity index (χ4v) is 1.58. The molecule has 74 valence electrons. The van der Waals surface area contributed by atoms with Gasteiger partial charge in [0.2, 0.25) is 0 Å². The van der Waals surface area contributed by atoms with Crippen LogP contribution in [-0.2, 0) is 0 Å². The van der Waals surface area contributed by atoms with E-state index in [9.17, 15) is 4.79 Å². The summed E-state index contributed by atoms with van der Waals surface area (Å²) in [5, 5.41) is 8.84. The lowest BCUT2D eigenvalue weighted by atomic mass is 9.90. The van der Waals surface area contributed by atoms with Gasteiger partial charge in [0.15, 0.2) is 10.5 Å². The molecule has 0 aliphatic rings. The first-order valence-electron chi connectivity index (χ1n) is 4.24. The van der Waals surface area contributed by atoms with Crippen molar-refractivity contribution in [2.24, 2.45) is 11.8 Å². The summed E-state index contributed by atoms with van der Waals surface area (Å²) in [6.07, 6.45) is 1.42. The fourth-order valence-electron chi connectivity index (χ4n) is 1.15. The molecular formula is C10H10BrNO2. The molecule has 0 aliphatic heterocycles. The Kier molecular flexibility index (Phi) is 3.48. The van der Waals surface area contributed by atoms with Gasteiger partial charge in [0.25, 0.3) is 0 Å². The number of ketones is 1. The second-order valence-electron chi connectivity index (χ2n) is 3.32. The molecule has 0 radical (unpaired) electrons. The summed E-state index contributed by atoms with van der Waals surface area (Å²) in [5.41, 5.74) is 0.435. The van der Waals surface area contributed by atoms with Crippen LogP contribution in [0.1, 0.15) is 24.2 Å². The minimum absolute atomic E-state index is 0.00861. The maximum absolute atomic E-state index is 11.8. The summed E-state index contributed by atoms with van der Waals surface area (Å²) >= 11 is 3.12.